The molecule has 0 spiro atoms. The topological polar surface area (TPSA) is 30.3 Å². The van der Waals surface area contributed by atoms with Crippen molar-refractivity contribution in [3.05, 3.63) is 132 Å². The third-order valence-electron chi connectivity index (χ3n) is 7.25. The second-order valence-electron chi connectivity index (χ2n) is 10.2. The summed E-state index contributed by atoms with van der Waals surface area (Å²) in [6.07, 6.45) is 2.02. The molecule has 0 amide bonds. The summed E-state index contributed by atoms with van der Waals surface area (Å²) < 4.78 is 37.1. The van der Waals surface area contributed by atoms with Crippen LogP contribution in [0.4, 0.5) is 8.78 Å². The zero-order valence-corrected chi connectivity index (χ0v) is 23.6. The highest BCUT2D eigenvalue weighted by Crippen LogP contribution is 2.32. The summed E-state index contributed by atoms with van der Waals surface area (Å²) in [6.45, 7) is 4.15. The fraction of sp³-hybridized carbons (Fsp3) is 0.229. The highest BCUT2D eigenvalue weighted by Gasteiger charge is 2.23. The summed E-state index contributed by atoms with van der Waals surface area (Å²) in [4.78, 5) is 7.35. The Labute approximate surface area is 240 Å². The molecule has 41 heavy (non-hydrogen) atoms. The molecule has 0 aliphatic heterocycles. The fourth-order valence-corrected chi connectivity index (χ4v) is 5.20. The Kier molecular flexibility index (Phi) is 9.22. The highest BCUT2D eigenvalue weighted by molar-refractivity contribution is 5.68. The summed E-state index contributed by atoms with van der Waals surface area (Å²) in [6, 6.07) is 31.8. The number of hydrogen-bond acceptors (Lipinski definition) is 3. The molecule has 4 nitrogen and oxygen atoms in total. The van der Waals surface area contributed by atoms with Gasteiger partial charge in [0.15, 0.2) is 0 Å². The predicted octanol–water partition coefficient (Wildman–Crippen LogP) is 8.51. The molecule has 5 rings (SSSR count). The fourth-order valence-electron chi connectivity index (χ4n) is 5.20. The van der Waals surface area contributed by atoms with E-state index in [9.17, 15) is 8.78 Å². The van der Waals surface area contributed by atoms with Gasteiger partial charge in [-0.25, -0.2) is 13.8 Å². The van der Waals surface area contributed by atoms with Crippen molar-refractivity contribution in [2.24, 2.45) is 0 Å². The van der Waals surface area contributed by atoms with Crippen molar-refractivity contribution < 1.29 is 13.5 Å². The van der Waals surface area contributed by atoms with Crippen LogP contribution in [0.2, 0.25) is 0 Å². The lowest BCUT2D eigenvalue weighted by Gasteiger charge is -2.25. The van der Waals surface area contributed by atoms with Gasteiger partial charge in [0.05, 0.1) is 18.5 Å². The minimum atomic E-state index is -0.456. The van der Waals surface area contributed by atoms with E-state index in [1.165, 1.54) is 12.1 Å². The van der Waals surface area contributed by atoms with Gasteiger partial charge in [0.2, 0.25) is 0 Å². The number of para-hydroxylation sites is 1. The zero-order chi connectivity index (χ0) is 28.6. The molecule has 0 fully saturated rings. The van der Waals surface area contributed by atoms with Crippen LogP contribution in [-0.4, -0.2) is 21.6 Å². The van der Waals surface area contributed by atoms with Gasteiger partial charge in [-0.3, -0.25) is 4.90 Å². The SMILES string of the molecule is CCCCn1c(-c2ccccc2)nc(-c2ccccc2)c1CN(Cc1cc(F)ccc1F)Cc1ccccc1OC. The largest absolute Gasteiger partial charge is 0.496 e. The molecule has 5 aromatic rings. The molecular formula is C35H35F2N3O. The monoisotopic (exact) mass is 551 g/mol. The van der Waals surface area contributed by atoms with Crippen LogP contribution in [0.3, 0.4) is 0 Å². The summed E-state index contributed by atoms with van der Waals surface area (Å²) in [5, 5.41) is 0. The van der Waals surface area contributed by atoms with Crippen molar-refractivity contribution in [3.63, 3.8) is 0 Å². The van der Waals surface area contributed by atoms with E-state index in [0.29, 0.717) is 18.7 Å². The number of hydrogen-bond donors (Lipinski definition) is 0. The second kappa shape index (κ2) is 13.4. The van der Waals surface area contributed by atoms with Gasteiger partial charge in [-0.15, -0.1) is 0 Å². The van der Waals surface area contributed by atoms with Gasteiger partial charge in [0.1, 0.15) is 23.2 Å². The number of nitrogens with zero attached hydrogens (tertiary/aromatic N) is 3. The van der Waals surface area contributed by atoms with Crippen LogP contribution in [0.15, 0.2) is 103 Å². The van der Waals surface area contributed by atoms with E-state index in [2.05, 4.69) is 40.7 Å². The molecule has 0 unspecified atom stereocenters. The molecule has 0 bridgehead atoms. The van der Waals surface area contributed by atoms with E-state index in [-0.39, 0.29) is 6.54 Å². The summed E-state index contributed by atoms with van der Waals surface area (Å²) in [7, 11) is 1.65. The van der Waals surface area contributed by atoms with E-state index < -0.39 is 11.6 Å². The van der Waals surface area contributed by atoms with Gasteiger partial charge in [-0.05, 0) is 30.7 Å². The smallest absolute Gasteiger partial charge is 0.140 e. The number of methoxy groups -OCH3 is 1. The Morgan fingerprint density at radius 1 is 0.756 bits per heavy atom. The minimum absolute atomic E-state index is 0.218. The molecule has 0 saturated carbocycles. The summed E-state index contributed by atoms with van der Waals surface area (Å²) in [5.74, 6) is 0.777. The number of rotatable bonds is 12. The number of halogens is 2. The maximum atomic E-state index is 14.9. The van der Waals surface area contributed by atoms with E-state index in [4.69, 9.17) is 9.72 Å². The Morgan fingerprint density at radius 2 is 1.41 bits per heavy atom. The van der Waals surface area contributed by atoms with Crippen molar-refractivity contribution in [3.8, 4) is 28.4 Å². The van der Waals surface area contributed by atoms with Gasteiger partial charge in [0.25, 0.3) is 0 Å². The third-order valence-corrected chi connectivity index (χ3v) is 7.25. The normalized spacial score (nSPS) is 11.2. The maximum absolute atomic E-state index is 14.9. The van der Waals surface area contributed by atoms with Crippen LogP contribution >= 0.6 is 0 Å². The zero-order valence-electron chi connectivity index (χ0n) is 23.6. The number of aromatic nitrogens is 2. The van der Waals surface area contributed by atoms with Crippen molar-refractivity contribution >= 4 is 0 Å². The van der Waals surface area contributed by atoms with Crippen LogP contribution in [0, 0.1) is 11.6 Å². The molecule has 210 valence electrons. The molecule has 1 heterocycles. The van der Waals surface area contributed by atoms with Crippen LogP contribution < -0.4 is 4.74 Å². The first-order valence-corrected chi connectivity index (χ1v) is 14.1. The van der Waals surface area contributed by atoms with Crippen molar-refractivity contribution in [1.82, 2.24) is 14.5 Å². The molecule has 0 radical (unpaired) electrons. The average Bonchev–Trinajstić information content (AvgIpc) is 3.36. The number of benzene rings is 4. The first kappa shape index (κ1) is 28.2. The molecule has 0 saturated heterocycles. The quantitative estimate of drug-likeness (QED) is 0.156. The Morgan fingerprint density at radius 3 is 2.12 bits per heavy atom. The number of ether oxygens (including phenoxy) is 1. The van der Waals surface area contributed by atoms with Gasteiger partial charge < -0.3 is 9.30 Å². The standard InChI is InChI=1S/C35H35F2N3O/c1-3-4-21-40-32(34(26-13-7-5-8-14-26)38-35(40)27-15-9-6-10-16-27)25-39(23-28-17-11-12-18-33(28)41-2)24-29-22-30(36)19-20-31(29)37/h5-20,22H,3-4,21,23-25H2,1-2H3. The molecule has 4 aromatic carbocycles. The van der Waals surface area contributed by atoms with E-state index in [0.717, 1.165) is 65.1 Å². The lowest BCUT2D eigenvalue weighted by atomic mass is 10.1. The van der Waals surface area contributed by atoms with Crippen LogP contribution in [0.5, 0.6) is 5.75 Å². The number of unbranched alkanes of at least 4 members (excludes halogenated alkanes) is 1. The molecule has 0 aliphatic carbocycles. The maximum Gasteiger partial charge on any atom is 0.140 e. The third kappa shape index (κ3) is 6.72. The van der Waals surface area contributed by atoms with Gasteiger partial charge in [0, 0.05) is 48.4 Å². The van der Waals surface area contributed by atoms with Crippen molar-refractivity contribution in [1.29, 1.82) is 0 Å². The van der Waals surface area contributed by atoms with Crippen LogP contribution in [-0.2, 0) is 26.2 Å². The average molecular weight is 552 g/mol. The molecule has 0 aliphatic rings. The van der Waals surface area contributed by atoms with Crippen molar-refractivity contribution in [2.75, 3.05) is 7.11 Å². The molecule has 0 N–H and O–H groups in total. The van der Waals surface area contributed by atoms with Gasteiger partial charge in [-0.2, -0.15) is 0 Å². The predicted molar refractivity (Wildman–Crippen MR) is 160 cm³/mol. The Bertz CT molecular complexity index is 1570. The van der Waals surface area contributed by atoms with E-state index in [1.54, 1.807) is 7.11 Å². The summed E-state index contributed by atoms with van der Waals surface area (Å²) in [5.41, 5.74) is 5.27. The molecule has 6 heteroatoms. The van der Waals surface area contributed by atoms with Gasteiger partial charge >= 0.3 is 0 Å². The minimum Gasteiger partial charge on any atom is -0.496 e. The van der Waals surface area contributed by atoms with Crippen LogP contribution in [0.1, 0.15) is 36.6 Å². The first-order valence-electron chi connectivity index (χ1n) is 14.1. The highest BCUT2D eigenvalue weighted by atomic mass is 19.1. The summed E-state index contributed by atoms with van der Waals surface area (Å²) >= 11 is 0. The first-order chi connectivity index (χ1) is 20.1. The number of imidazole rings is 1. The molecule has 1 aromatic heterocycles. The second-order valence-corrected chi connectivity index (χ2v) is 10.2. The lowest BCUT2D eigenvalue weighted by molar-refractivity contribution is 0.234. The lowest BCUT2D eigenvalue weighted by Crippen LogP contribution is -2.25. The Balaban J connectivity index is 1.64. The van der Waals surface area contributed by atoms with E-state index in [1.807, 2.05) is 60.7 Å². The molecule has 0 atom stereocenters. The Hall–Kier alpha value is -4.29. The van der Waals surface area contributed by atoms with Crippen LogP contribution in [0.25, 0.3) is 22.6 Å². The van der Waals surface area contributed by atoms with Gasteiger partial charge in [-0.1, -0.05) is 92.2 Å². The molecular weight excluding hydrogens is 516 g/mol. The van der Waals surface area contributed by atoms with E-state index >= 15 is 0 Å². The van der Waals surface area contributed by atoms with Crippen molar-refractivity contribution in [2.45, 2.75) is 45.9 Å².